The van der Waals surface area contributed by atoms with Gasteiger partial charge in [-0.05, 0) is 49.5 Å². The van der Waals surface area contributed by atoms with Crippen LogP contribution < -0.4 is 14.3 Å². The van der Waals surface area contributed by atoms with E-state index >= 15 is 4.39 Å². The van der Waals surface area contributed by atoms with Gasteiger partial charge in [-0.25, -0.2) is 13.4 Å². The molecule has 0 aliphatic carbocycles. The number of hydrogen-bond donors (Lipinski definition) is 3. The van der Waals surface area contributed by atoms with Crippen LogP contribution in [0, 0.1) is 5.82 Å². The number of aryl methyl sites for hydroxylation is 1. The van der Waals surface area contributed by atoms with E-state index in [9.17, 15) is 18.3 Å². The third-order valence-electron chi connectivity index (χ3n) is 4.06. The maximum atomic E-state index is 15.0. The number of anilines is 1. The molecule has 1 heterocycles. The molecule has 0 unspecified atom stereocenters. The summed E-state index contributed by atoms with van der Waals surface area (Å²) in [6.45, 7) is 0.251. The quantitative estimate of drug-likeness (QED) is 0.686. The van der Waals surface area contributed by atoms with E-state index in [2.05, 4.69) is 5.32 Å². The zero-order chi connectivity index (χ0) is 18.2. The molecule has 0 radical (unpaired) electrons. The van der Waals surface area contributed by atoms with E-state index < -0.39 is 39.9 Å². The van der Waals surface area contributed by atoms with Gasteiger partial charge in [0.2, 0.25) is 0 Å². The second kappa shape index (κ2) is 6.49. The number of carbonyl (C=O) groups excluding carboxylic acids is 1. The lowest BCUT2D eigenvalue weighted by atomic mass is 10.0. The average Bonchev–Trinajstić information content (AvgIpc) is 2.81. The molecule has 0 atom stereocenters. The van der Waals surface area contributed by atoms with Crippen molar-refractivity contribution < 1.29 is 22.7 Å². The molecule has 1 amide bonds. The van der Waals surface area contributed by atoms with Gasteiger partial charge in [-0.1, -0.05) is 12.1 Å². The minimum Gasteiger partial charge on any atom is -0.506 e. The van der Waals surface area contributed by atoms with Crippen LogP contribution in [0.4, 0.5) is 10.1 Å². The molecule has 7 nitrogen and oxygen atoms in total. The van der Waals surface area contributed by atoms with Crippen molar-refractivity contribution in [2.75, 3.05) is 24.4 Å². The molecule has 2 aromatic rings. The molecule has 134 valence electrons. The van der Waals surface area contributed by atoms with Crippen LogP contribution >= 0.6 is 0 Å². The zero-order valence-corrected chi connectivity index (χ0v) is 14.4. The number of nitrogens with zero attached hydrogens (tertiary/aromatic N) is 1. The first-order valence-corrected chi connectivity index (χ1v) is 9.19. The summed E-state index contributed by atoms with van der Waals surface area (Å²) >= 11 is 0. The zero-order valence-electron chi connectivity index (χ0n) is 13.5. The maximum absolute atomic E-state index is 15.0. The first-order chi connectivity index (χ1) is 11.8. The molecule has 9 heteroatoms. The Morgan fingerprint density at radius 3 is 2.76 bits per heavy atom. The Bertz CT molecular complexity index is 946. The predicted octanol–water partition coefficient (Wildman–Crippen LogP) is 1.02. The van der Waals surface area contributed by atoms with Crippen LogP contribution in [0.3, 0.4) is 0 Å². The molecule has 3 N–H and O–H groups in total. The van der Waals surface area contributed by atoms with Crippen molar-refractivity contribution in [3.8, 4) is 5.75 Å². The first-order valence-electron chi connectivity index (χ1n) is 7.75. The van der Waals surface area contributed by atoms with E-state index in [1.165, 1.54) is 6.07 Å². The van der Waals surface area contributed by atoms with Crippen LogP contribution in [0.25, 0.3) is 10.8 Å². The van der Waals surface area contributed by atoms with Gasteiger partial charge in [-0.3, -0.25) is 4.79 Å². The van der Waals surface area contributed by atoms with E-state index in [1.807, 2.05) is 13.1 Å². The van der Waals surface area contributed by atoms with E-state index in [4.69, 9.17) is 0 Å². The molecule has 25 heavy (non-hydrogen) atoms. The van der Waals surface area contributed by atoms with Gasteiger partial charge in [0.1, 0.15) is 18.0 Å². The van der Waals surface area contributed by atoms with Gasteiger partial charge in [0, 0.05) is 5.39 Å². The number of carbonyl (C=O) groups is 1. The van der Waals surface area contributed by atoms with Crippen molar-refractivity contribution >= 4 is 32.6 Å². The van der Waals surface area contributed by atoms with Gasteiger partial charge in [-0.2, -0.15) is 8.42 Å². The highest BCUT2D eigenvalue weighted by Crippen LogP contribution is 2.38. The van der Waals surface area contributed by atoms with Crippen LogP contribution in [0.1, 0.15) is 12.0 Å². The molecule has 0 aromatic heterocycles. The largest absolute Gasteiger partial charge is 0.506 e. The topological polar surface area (TPSA) is 98.7 Å². The van der Waals surface area contributed by atoms with E-state index in [1.54, 1.807) is 16.9 Å². The number of hydrogen-bond acceptors (Lipinski definition) is 5. The smallest absolute Gasteiger partial charge is 0.326 e. The molecule has 0 bridgehead atoms. The fraction of sp³-hybridized carbons (Fsp3) is 0.312. The van der Waals surface area contributed by atoms with Crippen molar-refractivity contribution in [1.82, 2.24) is 10.0 Å². The Labute approximate surface area is 144 Å². The van der Waals surface area contributed by atoms with Crippen LogP contribution in [-0.2, 0) is 21.4 Å². The summed E-state index contributed by atoms with van der Waals surface area (Å²) in [4.78, 5) is 11.4. The lowest BCUT2D eigenvalue weighted by Crippen LogP contribution is -2.30. The van der Waals surface area contributed by atoms with Gasteiger partial charge in [0.25, 0.3) is 5.91 Å². The summed E-state index contributed by atoms with van der Waals surface area (Å²) in [5.74, 6) is -2.18. The van der Waals surface area contributed by atoms with E-state index in [0.29, 0.717) is 9.69 Å². The van der Waals surface area contributed by atoms with Crippen LogP contribution in [0.15, 0.2) is 24.3 Å². The van der Waals surface area contributed by atoms with Crippen molar-refractivity contribution in [1.29, 1.82) is 0 Å². The standard InChI is InChI=1S/C16H18FN3O4S/c1-18-6-2-3-10-4-5-11-8-13(21)16(15(17)12(11)7-10)20-9-14(22)19-25(20,23)24/h4-5,7-8,18,21H,2-3,6,9H2,1H3,(H,19,22). The normalized spacial score (nSPS) is 16.4. The van der Waals surface area contributed by atoms with Crippen LogP contribution in [0.2, 0.25) is 0 Å². The van der Waals surface area contributed by atoms with Gasteiger partial charge in [0.05, 0.1) is 0 Å². The predicted molar refractivity (Wildman–Crippen MR) is 92.2 cm³/mol. The number of nitrogens with one attached hydrogen (secondary N) is 2. The van der Waals surface area contributed by atoms with Gasteiger partial charge in [0.15, 0.2) is 5.82 Å². The van der Waals surface area contributed by atoms with E-state index in [0.717, 1.165) is 24.9 Å². The lowest BCUT2D eigenvalue weighted by molar-refractivity contribution is -0.117. The van der Waals surface area contributed by atoms with Gasteiger partial charge >= 0.3 is 10.2 Å². The van der Waals surface area contributed by atoms with Crippen molar-refractivity contribution in [3.05, 3.63) is 35.6 Å². The average molecular weight is 367 g/mol. The van der Waals surface area contributed by atoms with Crippen molar-refractivity contribution in [3.63, 3.8) is 0 Å². The summed E-state index contributed by atoms with van der Waals surface area (Å²) in [7, 11) is -2.36. The molecule has 1 aliphatic heterocycles. The number of phenolic OH excluding ortho intramolecular Hbond substituents is 1. The highest BCUT2D eigenvalue weighted by molar-refractivity contribution is 7.92. The number of phenols is 1. The number of benzene rings is 2. The molecule has 1 saturated heterocycles. The number of rotatable bonds is 5. The summed E-state index contributed by atoms with van der Waals surface area (Å²) < 4.78 is 41.2. The second-order valence-electron chi connectivity index (χ2n) is 5.86. The summed E-state index contributed by atoms with van der Waals surface area (Å²) in [6, 6.07) is 6.46. The fourth-order valence-corrected chi connectivity index (χ4v) is 4.05. The molecular weight excluding hydrogens is 349 g/mol. The molecule has 1 fully saturated rings. The van der Waals surface area contributed by atoms with Crippen LogP contribution in [0.5, 0.6) is 5.75 Å². The molecule has 0 saturated carbocycles. The first kappa shape index (κ1) is 17.4. The number of amides is 1. The summed E-state index contributed by atoms with van der Waals surface area (Å²) in [5.41, 5.74) is 0.384. The summed E-state index contributed by atoms with van der Waals surface area (Å²) in [5, 5.41) is 13.8. The second-order valence-corrected chi connectivity index (χ2v) is 7.45. The van der Waals surface area contributed by atoms with Crippen molar-refractivity contribution in [2.24, 2.45) is 0 Å². The molecular formula is C16H18FN3O4S. The van der Waals surface area contributed by atoms with Crippen molar-refractivity contribution in [2.45, 2.75) is 12.8 Å². The molecule has 3 rings (SSSR count). The highest BCUT2D eigenvalue weighted by atomic mass is 32.2. The lowest BCUT2D eigenvalue weighted by Gasteiger charge is -2.18. The Morgan fingerprint density at radius 1 is 1.36 bits per heavy atom. The molecule has 2 aromatic carbocycles. The maximum Gasteiger partial charge on any atom is 0.326 e. The Hall–Kier alpha value is -2.39. The number of halogens is 1. The Kier molecular flexibility index (Phi) is 4.53. The minimum absolute atomic E-state index is 0.198. The molecule has 1 aliphatic rings. The van der Waals surface area contributed by atoms with Gasteiger partial charge in [-0.15, -0.1) is 0 Å². The highest BCUT2D eigenvalue weighted by Gasteiger charge is 2.37. The summed E-state index contributed by atoms with van der Waals surface area (Å²) in [6.07, 6.45) is 1.60. The van der Waals surface area contributed by atoms with E-state index in [-0.39, 0.29) is 5.39 Å². The monoisotopic (exact) mass is 367 g/mol. The third kappa shape index (κ3) is 3.24. The molecule has 0 spiro atoms. The minimum atomic E-state index is -4.21. The fourth-order valence-electron chi connectivity index (χ4n) is 2.88. The Morgan fingerprint density at radius 2 is 2.12 bits per heavy atom. The number of fused-ring (bicyclic) bond motifs is 1. The number of aromatic hydroxyl groups is 1. The van der Waals surface area contributed by atoms with Crippen LogP contribution in [-0.4, -0.2) is 39.6 Å². The van der Waals surface area contributed by atoms with Gasteiger partial charge < -0.3 is 10.4 Å². The SMILES string of the molecule is CNCCCc1ccc2cc(O)c(N3CC(=O)NS3(=O)=O)c(F)c2c1. The third-order valence-corrected chi connectivity index (χ3v) is 5.44. The Balaban J connectivity index is 2.09.